The van der Waals surface area contributed by atoms with Gasteiger partial charge in [0.15, 0.2) is 0 Å². The molecular formula is C15H15N3O3S2. The molecule has 3 aromatic heterocycles. The van der Waals surface area contributed by atoms with Crippen LogP contribution in [0, 0.1) is 0 Å². The SMILES string of the molecule is CN(Cc1ccco1)C(=O)CSc1nnc(Cc2cccs2)o1. The van der Waals surface area contributed by atoms with Crippen LogP contribution in [0.2, 0.25) is 0 Å². The second-order valence-electron chi connectivity index (χ2n) is 4.84. The van der Waals surface area contributed by atoms with Crippen LogP contribution in [-0.2, 0) is 17.8 Å². The summed E-state index contributed by atoms with van der Waals surface area (Å²) in [6.45, 7) is 0.444. The van der Waals surface area contributed by atoms with E-state index in [1.54, 1.807) is 35.6 Å². The van der Waals surface area contributed by atoms with Gasteiger partial charge in [0, 0.05) is 11.9 Å². The number of furan rings is 1. The number of thiophene rings is 1. The normalized spacial score (nSPS) is 10.8. The number of hydrogen-bond acceptors (Lipinski definition) is 7. The third-order valence-electron chi connectivity index (χ3n) is 3.07. The van der Waals surface area contributed by atoms with E-state index in [0.717, 1.165) is 5.76 Å². The number of carbonyl (C=O) groups excluding carboxylic acids is 1. The molecule has 0 saturated heterocycles. The molecule has 23 heavy (non-hydrogen) atoms. The van der Waals surface area contributed by atoms with Crippen molar-refractivity contribution in [1.82, 2.24) is 15.1 Å². The lowest BCUT2D eigenvalue weighted by Crippen LogP contribution is -2.27. The first-order valence-electron chi connectivity index (χ1n) is 6.94. The predicted molar refractivity (Wildman–Crippen MR) is 87.3 cm³/mol. The van der Waals surface area contributed by atoms with E-state index < -0.39 is 0 Å². The zero-order valence-electron chi connectivity index (χ0n) is 12.5. The molecule has 0 radical (unpaired) electrons. The van der Waals surface area contributed by atoms with Crippen molar-refractivity contribution in [3.8, 4) is 0 Å². The molecule has 0 aliphatic carbocycles. The Labute approximate surface area is 141 Å². The maximum absolute atomic E-state index is 12.1. The largest absolute Gasteiger partial charge is 0.467 e. The summed E-state index contributed by atoms with van der Waals surface area (Å²) in [7, 11) is 1.74. The van der Waals surface area contributed by atoms with E-state index in [-0.39, 0.29) is 11.7 Å². The van der Waals surface area contributed by atoms with Crippen LogP contribution >= 0.6 is 23.1 Å². The average molecular weight is 349 g/mol. The molecule has 8 heteroatoms. The van der Waals surface area contributed by atoms with Crippen molar-refractivity contribution in [2.75, 3.05) is 12.8 Å². The van der Waals surface area contributed by atoms with Crippen LogP contribution in [0.3, 0.4) is 0 Å². The number of amides is 1. The van der Waals surface area contributed by atoms with Crippen LogP contribution in [0.15, 0.2) is 50.0 Å². The highest BCUT2D eigenvalue weighted by Crippen LogP contribution is 2.20. The smallest absolute Gasteiger partial charge is 0.277 e. The summed E-state index contributed by atoms with van der Waals surface area (Å²) in [6, 6.07) is 7.65. The zero-order valence-corrected chi connectivity index (χ0v) is 14.1. The molecule has 0 aliphatic heterocycles. The number of aromatic nitrogens is 2. The molecular weight excluding hydrogens is 334 g/mol. The topological polar surface area (TPSA) is 72.4 Å². The van der Waals surface area contributed by atoms with Gasteiger partial charge in [-0.25, -0.2) is 0 Å². The van der Waals surface area contributed by atoms with Crippen molar-refractivity contribution in [3.63, 3.8) is 0 Å². The fraction of sp³-hybridized carbons (Fsp3) is 0.267. The Morgan fingerprint density at radius 3 is 3.00 bits per heavy atom. The first-order chi connectivity index (χ1) is 11.2. The van der Waals surface area contributed by atoms with E-state index in [2.05, 4.69) is 10.2 Å². The Balaban J connectivity index is 1.48. The Hall–Kier alpha value is -2.06. The Morgan fingerprint density at radius 2 is 2.26 bits per heavy atom. The van der Waals surface area contributed by atoms with Crippen molar-refractivity contribution >= 4 is 29.0 Å². The van der Waals surface area contributed by atoms with Gasteiger partial charge in [0.05, 0.1) is 25.0 Å². The standard InChI is InChI=1S/C15H15N3O3S2/c1-18(9-11-4-2-6-20-11)14(19)10-23-15-17-16-13(21-15)8-12-5-3-7-22-12/h2-7H,8-10H2,1H3. The van der Waals surface area contributed by atoms with Crippen molar-refractivity contribution < 1.29 is 13.6 Å². The van der Waals surface area contributed by atoms with Crippen LogP contribution in [0.4, 0.5) is 0 Å². The molecule has 0 spiro atoms. The fourth-order valence-corrected chi connectivity index (χ4v) is 3.31. The van der Waals surface area contributed by atoms with Gasteiger partial charge >= 0.3 is 0 Å². The number of rotatable bonds is 7. The number of hydrogen-bond donors (Lipinski definition) is 0. The third kappa shape index (κ3) is 4.46. The van der Waals surface area contributed by atoms with Gasteiger partial charge < -0.3 is 13.7 Å². The first-order valence-corrected chi connectivity index (χ1v) is 8.81. The molecule has 3 rings (SSSR count). The molecule has 0 fully saturated rings. The summed E-state index contributed by atoms with van der Waals surface area (Å²) in [5.74, 6) is 1.54. The van der Waals surface area contributed by atoms with Crippen LogP contribution in [-0.4, -0.2) is 33.8 Å². The van der Waals surface area contributed by atoms with Gasteiger partial charge in [0.25, 0.3) is 5.22 Å². The molecule has 3 aromatic rings. The van der Waals surface area contributed by atoms with E-state index in [4.69, 9.17) is 8.83 Å². The molecule has 0 unspecified atom stereocenters. The minimum Gasteiger partial charge on any atom is -0.467 e. The van der Waals surface area contributed by atoms with Crippen molar-refractivity contribution in [2.45, 2.75) is 18.2 Å². The molecule has 6 nitrogen and oxygen atoms in total. The number of thioether (sulfide) groups is 1. The lowest BCUT2D eigenvalue weighted by molar-refractivity contribution is -0.127. The van der Waals surface area contributed by atoms with Crippen molar-refractivity contribution in [1.29, 1.82) is 0 Å². The maximum atomic E-state index is 12.1. The minimum absolute atomic E-state index is 0.0237. The predicted octanol–water partition coefficient (Wildman–Crippen LogP) is 3.07. The molecule has 0 aliphatic rings. The zero-order chi connectivity index (χ0) is 16.1. The Bertz CT molecular complexity index is 738. The summed E-state index contributed by atoms with van der Waals surface area (Å²) >= 11 is 2.89. The van der Waals surface area contributed by atoms with E-state index in [9.17, 15) is 4.79 Å². The number of carbonyl (C=O) groups is 1. The highest BCUT2D eigenvalue weighted by atomic mass is 32.2. The van der Waals surface area contributed by atoms with Crippen molar-refractivity contribution in [2.24, 2.45) is 0 Å². The third-order valence-corrected chi connectivity index (χ3v) is 4.75. The average Bonchev–Trinajstić information content (AvgIpc) is 3.28. The molecule has 0 N–H and O–H groups in total. The molecule has 0 aromatic carbocycles. The summed E-state index contributed by atoms with van der Waals surface area (Å²) < 4.78 is 10.8. The molecule has 1 amide bonds. The number of nitrogens with zero attached hydrogens (tertiary/aromatic N) is 3. The summed E-state index contributed by atoms with van der Waals surface area (Å²) in [5.41, 5.74) is 0. The van der Waals surface area contributed by atoms with Gasteiger partial charge in [-0.1, -0.05) is 17.8 Å². The van der Waals surface area contributed by atoms with Gasteiger partial charge in [-0.15, -0.1) is 21.5 Å². The highest BCUT2D eigenvalue weighted by molar-refractivity contribution is 7.99. The van der Waals surface area contributed by atoms with Crippen molar-refractivity contribution in [3.05, 3.63) is 52.4 Å². The van der Waals surface area contributed by atoms with E-state index >= 15 is 0 Å². The van der Waals surface area contributed by atoms with E-state index in [1.165, 1.54) is 16.6 Å². The van der Waals surface area contributed by atoms with Crippen LogP contribution < -0.4 is 0 Å². The van der Waals surface area contributed by atoms with Gasteiger partial charge in [-0.05, 0) is 23.6 Å². The molecule has 0 bridgehead atoms. The fourth-order valence-electron chi connectivity index (χ4n) is 1.89. The Kier molecular flexibility index (Phi) is 5.14. The summed E-state index contributed by atoms with van der Waals surface area (Å²) in [5, 5.41) is 10.4. The molecule has 3 heterocycles. The summed E-state index contributed by atoms with van der Waals surface area (Å²) in [6.07, 6.45) is 2.22. The second kappa shape index (κ2) is 7.47. The first kappa shape index (κ1) is 15.8. The van der Waals surface area contributed by atoms with E-state index in [1.807, 2.05) is 23.6 Å². The lowest BCUT2D eigenvalue weighted by Gasteiger charge is -2.14. The maximum Gasteiger partial charge on any atom is 0.277 e. The second-order valence-corrected chi connectivity index (χ2v) is 6.79. The Morgan fingerprint density at radius 1 is 1.35 bits per heavy atom. The van der Waals surface area contributed by atoms with Crippen LogP contribution in [0.25, 0.3) is 0 Å². The lowest BCUT2D eigenvalue weighted by atomic mass is 10.3. The van der Waals surface area contributed by atoms with Gasteiger partial charge in [-0.2, -0.15) is 0 Å². The molecule has 0 saturated carbocycles. The molecule has 0 atom stereocenters. The van der Waals surface area contributed by atoms with Gasteiger partial charge in [0.1, 0.15) is 5.76 Å². The molecule has 120 valence electrons. The van der Waals surface area contributed by atoms with Gasteiger partial charge in [-0.3, -0.25) is 4.79 Å². The van der Waals surface area contributed by atoms with Gasteiger partial charge in [0.2, 0.25) is 11.8 Å². The minimum atomic E-state index is -0.0237. The monoisotopic (exact) mass is 349 g/mol. The quantitative estimate of drug-likeness (QED) is 0.611. The highest BCUT2D eigenvalue weighted by Gasteiger charge is 2.14. The van der Waals surface area contributed by atoms with Crippen LogP contribution in [0.5, 0.6) is 0 Å². The van der Waals surface area contributed by atoms with E-state index in [0.29, 0.717) is 24.1 Å². The van der Waals surface area contributed by atoms with Crippen LogP contribution in [0.1, 0.15) is 16.5 Å². The summed E-state index contributed by atoms with van der Waals surface area (Å²) in [4.78, 5) is 14.9.